The quantitative estimate of drug-likeness (QED) is 0.706. The second-order valence-electron chi connectivity index (χ2n) is 7.74. The van der Waals surface area contributed by atoms with Crippen molar-refractivity contribution < 1.29 is 14.0 Å². The largest absolute Gasteiger partial charge is 0.465 e. The third kappa shape index (κ3) is 4.65. The molecule has 154 valence electrons. The van der Waals surface area contributed by atoms with E-state index in [1.165, 1.54) is 0 Å². The first kappa shape index (κ1) is 19.6. The number of piperidine rings is 1. The zero-order valence-electron chi connectivity index (χ0n) is 16.6. The van der Waals surface area contributed by atoms with E-state index in [1.807, 2.05) is 42.2 Å². The number of nitrogens with one attached hydrogen (secondary N) is 3. The minimum absolute atomic E-state index is 0.00536. The van der Waals surface area contributed by atoms with E-state index in [2.05, 4.69) is 21.2 Å². The molecule has 0 aromatic carbocycles. The molecule has 2 aliphatic heterocycles. The van der Waals surface area contributed by atoms with E-state index >= 15 is 0 Å². The lowest BCUT2D eigenvalue weighted by molar-refractivity contribution is -0.137. The molecule has 8 heteroatoms. The number of aryl methyl sites for hydroxylation is 1. The molecule has 4 heterocycles. The van der Waals surface area contributed by atoms with Crippen molar-refractivity contribution in [1.29, 1.82) is 0 Å². The van der Waals surface area contributed by atoms with Crippen molar-refractivity contribution in [2.75, 3.05) is 13.1 Å². The Morgan fingerprint density at radius 2 is 2.17 bits per heavy atom. The van der Waals surface area contributed by atoms with E-state index in [4.69, 9.17) is 4.42 Å². The summed E-state index contributed by atoms with van der Waals surface area (Å²) in [7, 11) is 0. The number of amides is 2. The van der Waals surface area contributed by atoms with E-state index in [-0.39, 0.29) is 29.8 Å². The fourth-order valence-corrected chi connectivity index (χ4v) is 4.00. The van der Waals surface area contributed by atoms with Crippen LogP contribution in [0, 0.1) is 12.8 Å². The molecule has 0 spiro atoms. The zero-order valence-corrected chi connectivity index (χ0v) is 16.6. The average molecular weight is 397 g/mol. The van der Waals surface area contributed by atoms with Gasteiger partial charge in [-0.25, -0.2) is 10.9 Å². The van der Waals surface area contributed by atoms with Crippen molar-refractivity contribution >= 4 is 11.8 Å². The molecule has 4 rings (SSSR count). The molecule has 3 N–H and O–H groups in total. The number of hydrogen-bond donors (Lipinski definition) is 3. The molecule has 3 unspecified atom stereocenters. The van der Waals surface area contributed by atoms with Gasteiger partial charge in [-0.3, -0.25) is 14.6 Å². The van der Waals surface area contributed by atoms with Crippen LogP contribution in [-0.4, -0.2) is 40.8 Å². The van der Waals surface area contributed by atoms with Crippen LogP contribution in [0.2, 0.25) is 0 Å². The third-order valence-electron chi connectivity index (χ3n) is 5.58. The van der Waals surface area contributed by atoms with Crippen LogP contribution in [0.5, 0.6) is 0 Å². The van der Waals surface area contributed by atoms with Crippen molar-refractivity contribution in [3.05, 3.63) is 53.7 Å². The third-order valence-corrected chi connectivity index (χ3v) is 5.58. The molecule has 0 saturated carbocycles. The van der Waals surface area contributed by atoms with E-state index in [0.29, 0.717) is 26.1 Å². The number of aromatic nitrogens is 1. The molecule has 2 fully saturated rings. The van der Waals surface area contributed by atoms with Crippen LogP contribution in [0.15, 0.2) is 40.9 Å². The van der Waals surface area contributed by atoms with Crippen molar-refractivity contribution in [2.24, 2.45) is 5.92 Å². The fraction of sp³-hybridized carbons (Fsp3) is 0.476. The Hall–Kier alpha value is -2.71. The maximum atomic E-state index is 13.0. The van der Waals surface area contributed by atoms with Gasteiger partial charge in [0.25, 0.3) is 0 Å². The maximum Gasteiger partial charge on any atom is 0.241 e. The van der Waals surface area contributed by atoms with Gasteiger partial charge in [0.05, 0.1) is 24.2 Å². The zero-order chi connectivity index (χ0) is 20.2. The van der Waals surface area contributed by atoms with Crippen LogP contribution in [0.3, 0.4) is 0 Å². The van der Waals surface area contributed by atoms with Gasteiger partial charge in [-0.1, -0.05) is 6.07 Å². The van der Waals surface area contributed by atoms with Crippen LogP contribution in [-0.2, 0) is 16.1 Å². The predicted octanol–water partition coefficient (Wildman–Crippen LogP) is 1.45. The molecule has 3 atom stereocenters. The first-order valence-electron chi connectivity index (χ1n) is 10.1. The van der Waals surface area contributed by atoms with Gasteiger partial charge < -0.3 is 14.6 Å². The Kier molecular flexibility index (Phi) is 5.92. The molecule has 2 aliphatic rings. The highest BCUT2D eigenvalue weighted by Crippen LogP contribution is 2.24. The summed E-state index contributed by atoms with van der Waals surface area (Å²) in [5.41, 5.74) is 7.18. The van der Waals surface area contributed by atoms with Gasteiger partial charge in [-0.05, 0) is 50.5 Å². The number of carbonyl (C=O) groups excluding carboxylic acids is 2. The van der Waals surface area contributed by atoms with E-state index < -0.39 is 0 Å². The van der Waals surface area contributed by atoms with E-state index in [0.717, 1.165) is 30.1 Å². The summed E-state index contributed by atoms with van der Waals surface area (Å²) in [4.78, 5) is 31.7. The van der Waals surface area contributed by atoms with Gasteiger partial charge in [0.1, 0.15) is 17.6 Å². The number of likely N-dealkylation sites (tertiary alicyclic amines) is 1. The summed E-state index contributed by atoms with van der Waals surface area (Å²) in [6.07, 6.45) is 4.01. The van der Waals surface area contributed by atoms with Gasteiger partial charge in [0.2, 0.25) is 11.8 Å². The summed E-state index contributed by atoms with van der Waals surface area (Å²) >= 11 is 0. The molecule has 0 aliphatic carbocycles. The van der Waals surface area contributed by atoms with Gasteiger partial charge in [0, 0.05) is 19.3 Å². The molecular weight excluding hydrogens is 370 g/mol. The van der Waals surface area contributed by atoms with Crippen molar-refractivity contribution in [2.45, 2.75) is 44.8 Å². The number of carbonyl (C=O) groups is 2. The Morgan fingerprint density at radius 1 is 1.28 bits per heavy atom. The van der Waals surface area contributed by atoms with Crippen molar-refractivity contribution in [3.8, 4) is 0 Å². The van der Waals surface area contributed by atoms with Gasteiger partial charge in [-0.15, -0.1) is 0 Å². The fourth-order valence-electron chi connectivity index (χ4n) is 4.00. The minimum Gasteiger partial charge on any atom is -0.465 e. The SMILES string of the molecule is Cc1ccc(CNC(=O)C2CCCN(C(=O)C3CC(c4ccccn4)NN3)C2)o1. The van der Waals surface area contributed by atoms with Crippen LogP contribution >= 0.6 is 0 Å². The second-order valence-corrected chi connectivity index (χ2v) is 7.74. The summed E-state index contributed by atoms with van der Waals surface area (Å²) in [5, 5.41) is 2.93. The summed E-state index contributed by atoms with van der Waals surface area (Å²) < 4.78 is 5.50. The Balaban J connectivity index is 1.29. The summed E-state index contributed by atoms with van der Waals surface area (Å²) in [5.74, 6) is 1.38. The predicted molar refractivity (Wildman–Crippen MR) is 106 cm³/mol. The Bertz CT molecular complexity index is 853. The lowest BCUT2D eigenvalue weighted by Gasteiger charge is -2.33. The monoisotopic (exact) mass is 397 g/mol. The number of hydrogen-bond acceptors (Lipinski definition) is 6. The maximum absolute atomic E-state index is 13.0. The van der Waals surface area contributed by atoms with E-state index in [1.54, 1.807) is 6.20 Å². The molecule has 29 heavy (non-hydrogen) atoms. The number of furan rings is 1. The minimum atomic E-state index is -0.310. The smallest absolute Gasteiger partial charge is 0.241 e. The average Bonchev–Trinajstić information content (AvgIpc) is 3.41. The van der Waals surface area contributed by atoms with Gasteiger partial charge in [-0.2, -0.15) is 0 Å². The highest BCUT2D eigenvalue weighted by Gasteiger charge is 2.36. The highest BCUT2D eigenvalue weighted by atomic mass is 16.3. The molecule has 2 saturated heterocycles. The van der Waals surface area contributed by atoms with Crippen LogP contribution < -0.4 is 16.2 Å². The van der Waals surface area contributed by atoms with Crippen molar-refractivity contribution in [1.82, 2.24) is 26.1 Å². The highest BCUT2D eigenvalue weighted by molar-refractivity contribution is 5.84. The number of hydrazine groups is 1. The Morgan fingerprint density at radius 3 is 2.93 bits per heavy atom. The lowest BCUT2D eigenvalue weighted by atomic mass is 9.96. The first-order valence-corrected chi connectivity index (χ1v) is 10.1. The molecule has 2 amide bonds. The Labute approximate surface area is 170 Å². The van der Waals surface area contributed by atoms with Crippen LogP contribution in [0.25, 0.3) is 0 Å². The second kappa shape index (κ2) is 8.75. The molecule has 0 radical (unpaired) electrons. The molecule has 0 bridgehead atoms. The number of rotatable bonds is 5. The van der Waals surface area contributed by atoms with Gasteiger partial charge >= 0.3 is 0 Å². The number of nitrogens with zero attached hydrogens (tertiary/aromatic N) is 2. The summed E-state index contributed by atoms with van der Waals surface area (Å²) in [6, 6.07) is 9.21. The number of pyridine rings is 1. The lowest BCUT2D eigenvalue weighted by Crippen LogP contribution is -2.51. The molecule has 2 aromatic rings. The standard InChI is InChI=1S/C21H27N5O3/c1-14-7-8-16(29-14)12-23-20(27)15-5-4-10-26(13-15)21(28)19-11-18(24-25-19)17-6-2-3-9-22-17/h2-3,6-9,15,18-19,24-25H,4-5,10-13H2,1H3,(H,23,27). The van der Waals surface area contributed by atoms with Crippen LogP contribution in [0.1, 0.15) is 42.5 Å². The van der Waals surface area contributed by atoms with Crippen LogP contribution in [0.4, 0.5) is 0 Å². The topological polar surface area (TPSA) is 99.5 Å². The molecule has 8 nitrogen and oxygen atoms in total. The molecule has 2 aromatic heterocycles. The first-order chi connectivity index (χ1) is 14.1. The van der Waals surface area contributed by atoms with Crippen molar-refractivity contribution in [3.63, 3.8) is 0 Å². The van der Waals surface area contributed by atoms with E-state index in [9.17, 15) is 9.59 Å². The van der Waals surface area contributed by atoms with Gasteiger partial charge in [0.15, 0.2) is 0 Å². The molecular formula is C21H27N5O3. The summed E-state index contributed by atoms with van der Waals surface area (Å²) in [6.45, 7) is 3.39. The normalized spacial score (nSPS) is 24.4.